The van der Waals surface area contributed by atoms with Crippen LogP contribution >= 0.6 is 0 Å². The Morgan fingerprint density at radius 2 is 1.14 bits per heavy atom. The third-order valence-electron chi connectivity index (χ3n) is 9.10. The van der Waals surface area contributed by atoms with Gasteiger partial charge in [-0.15, -0.1) is 53.8 Å². The van der Waals surface area contributed by atoms with Gasteiger partial charge in [-0.2, -0.15) is 82.1 Å². The van der Waals surface area contributed by atoms with Crippen LogP contribution in [0.3, 0.4) is 0 Å². The molecule has 2 aliphatic rings. The number of aryl methyl sites for hydroxylation is 2. The number of pyridine rings is 3. The van der Waals surface area contributed by atoms with E-state index in [9.17, 15) is 39.5 Å². The predicted octanol–water partition coefficient (Wildman–Crippen LogP) is 11.7. The van der Waals surface area contributed by atoms with Crippen molar-refractivity contribution in [3.8, 4) is 23.3 Å². The minimum absolute atomic E-state index is 0. The number of nitrogens with zero attached hydrogens (tertiary/aromatic N) is 7. The molecule has 0 amide bonds. The summed E-state index contributed by atoms with van der Waals surface area (Å²) in [6, 6.07) is 25.9. The van der Waals surface area contributed by atoms with E-state index in [0.717, 1.165) is 65.6 Å². The van der Waals surface area contributed by atoms with E-state index < -0.39 is 35.2 Å². The molecule has 20 heteroatoms. The van der Waals surface area contributed by atoms with Gasteiger partial charge in [0.25, 0.3) is 0 Å². The van der Waals surface area contributed by atoms with Crippen molar-refractivity contribution >= 4 is 40.1 Å². The van der Waals surface area contributed by atoms with Gasteiger partial charge in [0, 0.05) is 86.3 Å². The second-order valence-electron chi connectivity index (χ2n) is 14.0. The van der Waals surface area contributed by atoms with Gasteiger partial charge in [-0.3, -0.25) is 0 Å². The van der Waals surface area contributed by atoms with E-state index >= 15 is 0 Å². The third-order valence-corrected chi connectivity index (χ3v) is 9.10. The van der Waals surface area contributed by atoms with Crippen LogP contribution in [0, 0.1) is 45.4 Å². The van der Waals surface area contributed by atoms with Crippen molar-refractivity contribution in [2.75, 3.05) is 46.1 Å². The standard InChI is InChI=1S/C22H18F3N6.C21H14F6N2O2.Ir/c1-13-4-6-18-20(27-13)30(11-26-18)16-8-15(22(23,24)25)9-17(10-16)31-12-29(3)19-7-5-14(2)28-21(19)31;1-29(2)15-11-18(30-16-7-3-13(4-8-16)20(22,23)24)28-19(12-15)31-17-9-5-14(6-10-17)21(25,26)27;/h4-9,11-12,26H,1-3H3;3-7,9,11-12H,1-2H3;/q-3;-2;. The molecule has 0 saturated carbocycles. The van der Waals surface area contributed by atoms with Gasteiger partial charge in [0.2, 0.25) is 11.8 Å². The summed E-state index contributed by atoms with van der Waals surface area (Å²) in [6.07, 6.45) is -13.5. The van der Waals surface area contributed by atoms with Crippen molar-refractivity contribution < 1.29 is 69.1 Å². The number of rotatable bonds is 7. The molecule has 3 aromatic carbocycles. The number of aromatic nitrogens is 3. The van der Waals surface area contributed by atoms with Crippen LogP contribution in [0.1, 0.15) is 28.1 Å². The smallest absolute Gasteiger partial charge is 0.394 e. The molecule has 0 unspecified atom stereocenters. The van der Waals surface area contributed by atoms with E-state index in [0.29, 0.717) is 23.0 Å². The Kier molecular flexibility index (Phi) is 13.1. The summed E-state index contributed by atoms with van der Waals surface area (Å²) in [5.74, 6) is 1.04. The maximum Gasteiger partial charge on any atom is 0.394 e. The average Bonchev–Trinajstić information content (AvgIpc) is 3.77. The van der Waals surface area contributed by atoms with Gasteiger partial charge in [0.1, 0.15) is 11.6 Å². The molecular formula is C43H32F9IrN8O2-5. The molecule has 6 aromatic rings. The Morgan fingerprint density at radius 1 is 0.635 bits per heavy atom. The minimum Gasteiger partial charge on any atom is -0.513 e. The largest absolute Gasteiger partial charge is 0.513 e. The molecule has 10 nitrogen and oxygen atoms in total. The van der Waals surface area contributed by atoms with Crippen LogP contribution in [0.5, 0.6) is 23.3 Å². The molecule has 8 rings (SSSR count). The van der Waals surface area contributed by atoms with Gasteiger partial charge >= 0.3 is 18.5 Å². The van der Waals surface area contributed by atoms with E-state index in [1.807, 2.05) is 50.1 Å². The van der Waals surface area contributed by atoms with Gasteiger partial charge in [0.05, 0.1) is 0 Å². The first kappa shape index (κ1) is 46.2. The fourth-order valence-electron chi connectivity index (χ4n) is 5.99. The Labute approximate surface area is 369 Å². The summed E-state index contributed by atoms with van der Waals surface area (Å²) >= 11 is 0. The van der Waals surface area contributed by atoms with E-state index in [2.05, 4.69) is 38.5 Å². The number of hydrogen-bond acceptors (Lipinski definition) is 10. The van der Waals surface area contributed by atoms with Gasteiger partial charge < -0.3 is 34.4 Å². The van der Waals surface area contributed by atoms with Crippen LogP contribution in [0.25, 0.3) is 0 Å². The summed E-state index contributed by atoms with van der Waals surface area (Å²) < 4.78 is 128. The topological polar surface area (TPSA) is 82.1 Å². The average molecular weight is 1060 g/mol. The van der Waals surface area contributed by atoms with E-state index in [1.165, 1.54) is 12.1 Å². The van der Waals surface area contributed by atoms with E-state index in [1.54, 1.807) is 42.1 Å². The maximum atomic E-state index is 13.8. The zero-order valence-electron chi connectivity index (χ0n) is 33.4. The summed E-state index contributed by atoms with van der Waals surface area (Å²) in [7, 11) is 5.26. The molecule has 1 radical (unpaired) electrons. The van der Waals surface area contributed by atoms with Crippen molar-refractivity contribution in [2.45, 2.75) is 32.4 Å². The second-order valence-corrected chi connectivity index (χ2v) is 14.0. The van der Waals surface area contributed by atoms with Crippen LogP contribution in [0.15, 0.2) is 84.9 Å². The number of ether oxygens (including phenoxy) is 2. The fraction of sp³-hybridized carbons (Fsp3) is 0.186. The number of alkyl halides is 9. The predicted molar refractivity (Wildman–Crippen MR) is 212 cm³/mol. The van der Waals surface area contributed by atoms with Crippen molar-refractivity contribution in [3.63, 3.8) is 0 Å². The van der Waals surface area contributed by atoms with Gasteiger partial charge in [0.15, 0.2) is 0 Å². The Morgan fingerprint density at radius 3 is 1.63 bits per heavy atom. The van der Waals surface area contributed by atoms with Crippen LogP contribution in [0.2, 0.25) is 0 Å². The number of benzene rings is 3. The van der Waals surface area contributed by atoms with Crippen LogP contribution in [0.4, 0.5) is 79.6 Å². The number of anilines is 7. The zero-order chi connectivity index (χ0) is 44.7. The van der Waals surface area contributed by atoms with Crippen molar-refractivity contribution in [1.29, 1.82) is 0 Å². The number of fused-ring (bicyclic) bond motifs is 2. The molecule has 63 heavy (non-hydrogen) atoms. The molecule has 1 N–H and O–H groups in total. The summed E-state index contributed by atoms with van der Waals surface area (Å²) in [6.45, 7) is 6.96. The van der Waals surface area contributed by atoms with Crippen molar-refractivity contribution in [2.24, 2.45) is 0 Å². The summed E-state index contributed by atoms with van der Waals surface area (Å²) in [5, 5.41) is 3.05. The molecule has 0 saturated heterocycles. The van der Waals surface area contributed by atoms with Crippen molar-refractivity contribution in [3.05, 3.63) is 145 Å². The second kappa shape index (κ2) is 17.8. The molecule has 0 aliphatic carbocycles. The molecular weight excluding hydrogens is 1020 g/mol. The number of hydrogen-bond donors (Lipinski definition) is 1. The molecule has 3 aromatic heterocycles. The molecule has 2 aliphatic heterocycles. The molecule has 333 valence electrons. The Hall–Kier alpha value is -6.27. The quantitative estimate of drug-likeness (QED) is 0.123. The van der Waals surface area contributed by atoms with E-state index in [4.69, 9.17) is 9.47 Å². The Bertz CT molecular complexity index is 2490. The minimum atomic E-state index is -4.52. The first-order chi connectivity index (χ1) is 29.1. The molecule has 5 heterocycles. The summed E-state index contributed by atoms with van der Waals surface area (Å²) in [5.41, 5.74) is 1.55. The Balaban J connectivity index is 0.000000206. The molecule has 0 bridgehead atoms. The van der Waals surface area contributed by atoms with Crippen molar-refractivity contribution in [1.82, 2.24) is 15.0 Å². The van der Waals surface area contributed by atoms with Crippen LogP contribution < -0.4 is 34.4 Å². The monoisotopic (exact) mass is 1060 g/mol. The normalized spacial score (nSPS) is 13.3. The summed E-state index contributed by atoms with van der Waals surface area (Å²) in [4.78, 5) is 19.8. The van der Waals surface area contributed by atoms with Gasteiger partial charge in [-0.1, -0.05) is 16.7 Å². The third kappa shape index (κ3) is 10.7. The SMILES string of the molecule is CN(C)c1cc(Oc2[c-]cc(C(F)(F)F)cc2)nc(Oc2[c-]cc(C(F)(F)F)cc2)c1.Cc1ccc2c(n1)N(c1[c-]c(N3[CH-]N(C)c4ccc(C)nc43)cc(C(F)(F)F)c1)[CH-]N2.[Ir]. The zero-order valence-corrected chi connectivity index (χ0v) is 35.8. The molecule has 0 atom stereocenters. The molecule has 0 fully saturated rings. The first-order valence-electron chi connectivity index (χ1n) is 18.2. The van der Waals surface area contributed by atoms with Gasteiger partial charge in [-0.05, 0) is 45.2 Å². The van der Waals surface area contributed by atoms with Crippen LogP contribution in [-0.4, -0.2) is 36.1 Å². The van der Waals surface area contributed by atoms with Gasteiger partial charge in [-0.25, -0.2) is 9.97 Å². The van der Waals surface area contributed by atoms with Crippen LogP contribution in [-0.2, 0) is 38.6 Å². The first-order valence-corrected chi connectivity index (χ1v) is 18.2. The number of nitrogens with one attached hydrogen (secondary N) is 1. The van der Waals surface area contributed by atoms with E-state index in [-0.39, 0.29) is 54.7 Å². The molecule has 0 spiro atoms. The fourth-order valence-corrected chi connectivity index (χ4v) is 5.99. The number of halogens is 9. The maximum absolute atomic E-state index is 13.8.